The van der Waals surface area contributed by atoms with Crippen LogP contribution in [0.3, 0.4) is 0 Å². The molecule has 0 radical (unpaired) electrons. The molecular formula is C22H31N5O. The summed E-state index contributed by atoms with van der Waals surface area (Å²) in [4.78, 5) is 23.6. The molecule has 1 N–H and O–H groups in total. The molecule has 1 aliphatic heterocycles. The second-order valence-corrected chi connectivity index (χ2v) is 7.66. The summed E-state index contributed by atoms with van der Waals surface area (Å²) >= 11 is 0. The molecule has 1 saturated heterocycles. The fourth-order valence-corrected chi connectivity index (χ4v) is 3.44. The number of nitrogens with zero attached hydrogens (tertiary/aromatic N) is 4. The molecule has 2 heterocycles. The van der Waals surface area contributed by atoms with Gasteiger partial charge in [0, 0.05) is 51.2 Å². The van der Waals surface area contributed by atoms with E-state index >= 15 is 0 Å². The third kappa shape index (κ3) is 4.81. The van der Waals surface area contributed by atoms with Crippen LogP contribution in [0.5, 0.6) is 0 Å². The van der Waals surface area contributed by atoms with E-state index in [1.54, 1.807) is 6.20 Å². The molecule has 150 valence electrons. The van der Waals surface area contributed by atoms with Crippen molar-refractivity contribution in [2.75, 3.05) is 63.6 Å². The molecule has 1 aromatic carbocycles. The van der Waals surface area contributed by atoms with Gasteiger partial charge in [-0.3, -0.25) is 4.79 Å². The SMILES string of the molecule is Cc1cccc(N2CCN(C(=O)c3ccc(NCCN(C)C)nc3)CC2)c1C. The van der Waals surface area contributed by atoms with Crippen LogP contribution in [0.15, 0.2) is 36.5 Å². The van der Waals surface area contributed by atoms with Gasteiger partial charge in [-0.1, -0.05) is 12.1 Å². The van der Waals surface area contributed by atoms with E-state index in [1.807, 2.05) is 31.1 Å². The Morgan fingerprint density at radius 1 is 1.11 bits per heavy atom. The molecule has 0 unspecified atom stereocenters. The highest BCUT2D eigenvalue weighted by molar-refractivity contribution is 5.94. The molecule has 1 amide bonds. The number of anilines is 2. The van der Waals surface area contributed by atoms with E-state index in [4.69, 9.17) is 0 Å². The molecule has 0 aliphatic carbocycles. The highest BCUT2D eigenvalue weighted by Crippen LogP contribution is 2.24. The van der Waals surface area contributed by atoms with Crippen molar-refractivity contribution in [3.05, 3.63) is 53.2 Å². The van der Waals surface area contributed by atoms with Crippen molar-refractivity contribution >= 4 is 17.4 Å². The molecule has 0 saturated carbocycles. The second kappa shape index (κ2) is 9.06. The lowest BCUT2D eigenvalue weighted by molar-refractivity contribution is 0.0746. The zero-order chi connectivity index (χ0) is 20.1. The van der Waals surface area contributed by atoms with Gasteiger partial charge >= 0.3 is 0 Å². The average molecular weight is 382 g/mol. The van der Waals surface area contributed by atoms with Gasteiger partial charge in [0.25, 0.3) is 5.91 Å². The van der Waals surface area contributed by atoms with Crippen molar-refractivity contribution in [2.45, 2.75) is 13.8 Å². The molecule has 3 rings (SSSR count). The maximum absolute atomic E-state index is 12.8. The standard InChI is InChI=1S/C22H31N5O/c1-17-6-5-7-20(18(17)2)26-12-14-27(15-13-26)22(28)19-8-9-21(24-16-19)23-10-11-25(3)4/h5-9,16H,10-15H2,1-4H3,(H,23,24). The quantitative estimate of drug-likeness (QED) is 0.834. The van der Waals surface area contributed by atoms with E-state index in [2.05, 4.69) is 52.1 Å². The Hall–Kier alpha value is -2.60. The van der Waals surface area contributed by atoms with Crippen LogP contribution in [-0.4, -0.2) is 74.1 Å². The lowest BCUT2D eigenvalue weighted by atomic mass is 10.1. The van der Waals surface area contributed by atoms with Gasteiger partial charge in [-0.15, -0.1) is 0 Å². The number of carbonyl (C=O) groups excluding carboxylic acids is 1. The fraction of sp³-hybridized carbons (Fsp3) is 0.455. The van der Waals surface area contributed by atoms with Gasteiger partial charge in [-0.2, -0.15) is 0 Å². The number of rotatable bonds is 6. The zero-order valence-corrected chi connectivity index (χ0v) is 17.4. The van der Waals surface area contributed by atoms with Gasteiger partial charge in [0.15, 0.2) is 0 Å². The second-order valence-electron chi connectivity index (χ2n) is 7.66. The monoisotopic (exact) mass is 381 g/mol. The number of hydrogen-bond donors (Lipinski definition) is 1. The molecule has 28 heavy (non-hydrogen) atoms. The van der Waals surface area contributed by atoms with Crippen LogP contribution in [0.2, 0.25) is 0 Å². The van der Waals surface area contributed by atoms with Crippen molar-refractivity contribution < 1.29 is 4.79 Å². The fourth-order valence-electron chi connectivity index (χ4n) is 3.44. The van der Waals surface area contributed by atoms with E-state index in [1.165, 1.54) is 16.8 Å². The normalized spacial score (nSPS) is 14.5. The smallest absolute Gasteiger partial charge is 0.255 e. The first-order chi connectivity index (χ1) is 13.5. The molecule has 6 heteroatoms. The first kappa shape index (κ1) is 20.1. The Kier molecular flexibility index (Phi) is 6.52. The molecule has 0 bridgehead atoms. The number of nitrogens with one attached hydrogen (secondary N) is 1. The number of pyridine rings is 1. The maximum Gasteiger partial charge on any atom is 0.255 e. The van der Waals surface area contributed by atoms with Crippen LogP contribution in [0.4, 0.5) is 11.5 Å². The largest absolute Gasteiger partial charge is 0.369 e. The topological polar surface area (TPSA) is 51.7 Å². The van der Waals surface area contributed by atoms with Crippen molar-refractivity contribution in [2.24, 2.45) is 0 Å². The predicted molar refractivity (Wildman–Crippen MR) is 115 cm³/mol. The van der Waals surface area contributed by atoms with Crippen molar-refractivity contribution in [1.82, 2.24) is 14.8 Å². The number of aromatic nitrogens is 1. The summed E-state index contributed by atoms with van der Waals surface area (Å²) < 4.78 is 0. The number of amides is 1. The minimum absolute atomic E-state index is 0.0629. The summed E-state index contributed by atoms with van der Waals surface area (Å²) in [7, 11) is 4.08. The van der Waals surface area contributed by atoms with E-state index < -0.39 is 0 Å². The summed E-state index contributed by atoms with van der Waals surface area (Å²) in [6.45, 7) is 9.25. The Morgan fingerprint density at radius 3 is 2.50 bits per heavy atom. The lowest BCUT2D eigenvalue weighted by Gasteiger charge is -2.37. The lowest BCUT2D eigenvalue weighted by Crippen LogP contribution is -2.49. The molecular weight excluding hydrogens is 350 g/mol. The van der Waals surface area contributed by atoms with Crippen LogP contribution in [0, 0.1) is 13.8 Å². The summed E-state index contributed by atoms with van der Waals surface area (Å²) in [6.07, 6.45) is 1.68. The minimum atomic E-state index is 0.0629. The van der Waals surface area contributed by atoms with Crippen molar-refractivity contribution in [1.29, 1.82) is 0 Å². The highest BCUT2D eigenvalue weighted by atomic mass is 16.2. The minimum Gasteiger partial charge on any atom is -0.369 e. The van der Waals surface area contributed by atoms with Crippen LogP contribution in [0.25, 0.3) is 0 Å². The highest BCUT2D eigenvalue weighted by Gasteiger charge is 2.23. The van der Waals surface area contributed by atoms with E-state index in [9.17, 15) is 4.79 Å². The Labute approximate surface area is 168 Å². The summed E-state index contributed by atoms with van der Waals surface area (Å²) in [6, 6.07) is 10.2. The summed E-state index contributed by atoms with van der Waals surface area (Å²) in [5.41, 5.74) is 4.56. The van der Waals surface area contributed by atoms with Gasteiger partial charge in [0.2, 0.25) is 0 Å². The maximum atomic E-state index is 12.8. The predicted octanol–water partition coefficient (Wildman–Crippen LogP) is 2.63. The first-order valence-corrected chi connectivity index (χ1v) is 9.91. The molecule has 0 spiro atoms. The molecule has 0 atom stereocenters. The van der Waals surface area contributed by atoms with E-state index in [0.717, 1.165) is 45.1 Å². The number of benzene rings is 1. The van der Waals surface area contributed by atoms with Crippen LogP contribution in [-0.2, 0) is 0 Å². The summed E-state index contributed by atoms with van der Waals surface area (Å²) in [5, 5.41) is 3.27. The van der Waals surface area contributed by atoms with Gasteiger partial charge in [0.1, 0.15) is 5.82 Å². The number of aryl methyl sites for hydroxylation is 1. The Morgan fingerprint density at radius 2 is 1.86 bits per heavy atom. The Balaban J connectivity index is 1.55. The van der Waals surface area contributed by atoms with Crippen LogP contribution >= 0.6 is 0 Å². The number of piperazine rings is 1. The van der Waals surface area contributed by atoms with Gasteiger partial charge in [-0.25, -0.2) is 4.98 Å². The van der Waals surface area contributed by atoms with Crippen LogP contribution < -0.4 is 10.2 Å². The van der Waals surface area contributed by atoms with E-state index in [-0.39, 0.29) is 5.91 Å². The third-order valence-electron chi connectivity index (χ3n) is 5.36. The van der Waals surface area contributed by atoms with Gasteiger partial charge < -0.3 is 20.0 Å². The third-order valence-corrected chi connectivity index (χ3v) is 5.36. The van der Waals surface area contributed by atoms with Crippen LogP contribution in [0.1, 0.15) is 21.5 Å². The van der Waals surface area contributed by atoms with Gasteiger partial charge in [0.05, 0.1) is 5.56 Å². The number of carbonyl (C=O) groups is 1. The number of hydrogen-bond acceptors (Lipinski definition) is 5. The zero-order valence-electron chi connectivity index (χ0n) is 17.4. The number of likely N-dealkylation sites (N-methyl/N-ethyl adjacent to an activating group) is 1. The molecule has 2 aromatic rings. The Bertz CT molecular complexity index is 795. The van der Waals surface area contributed by atoms with Crippen molar-refractivity contribution in [3.63, 3.8) is 0 Å². The molecule has 6 nitrogen and oxygen atoms in total. The molecule has 1 aromatic heterocycles. The molecule has 1 fully saturated rings. The first-order valence-electron chi connectivity index (χ1n) is 9.91. The summed E-state index contributed by atoms with van der Waals surface area (Å²) in [5.74, 6) is 0.867. The van der Waals surface area contributed by atoms with E-state index in [0.29, 0.717) is 5.56 Å². The van der Waals surface area contributed by atoms with Gasteiger partial charge in [-0.05, 0) is 57.3 Å². The molecule has 1 aliphatic rings. The van der Waals surface area contributed by atoms with Crippen molar-refractivity contribution in [3.8, 4) is 0 Å². The average Bonchev–Trinajstić information content (AvgIpc) is 2.70.